The maximum Gasteiger partial charge on any atom is 0.275 e. The molecule has 1 fully saturated rings. The summed E-state index contributed by atoms with van der Waals surface area (Å²) in [6.45, 7) is -1.39. The molecule has 3 amide bonds. The van der Waals surface area contributed by atoms with Crippen LogP contribution in [0.15, 0.2) is 66.2 Å². The summed E-state index contributed by atoms with van der Waals surface area (Å²) in [7, 11) is 6.65. The number of hydrogen-bond acceptors (Lipinski definition) is 10. The third-order valence-electron chi connectivity index (χ3n) is 7.91. The van der Waals surface area contributed by atoms with E-state index in [0.717, 1.165) is 17.7 Å². The van der Waals surface area contributed by atoms with E-state index in [2.05, 4.69) is 31.1 Å². The molecule has 13 nitrogen and oxygen atoms in total. The van der Waals surface area contributed by atoms with Gasteiger partial charge in [0.1, 0.15) is 12.4 Å². The van der Waals surface area contributed by atoms with Crippen molar-refractivity contribution in [2.75, 3.05) is 63.5 Å². The van der Waals surface area contributed by atoms with Crippen LogP contribution in [0, 0.1) is 11.7 Å². The van der Waals surface area contributed by atoms with E-state index in [0.29, 0.717) is 28.1 Å². The van der Waals surface area contributed by atoms with Gasteiger partial charge in [-0.1, -0.05) is 18.2 Å². The zero-order valence-corrected chi connectivity index (χ0v) is 27.4. The second-order valence-electron chi connectivity index (χ2n) is 11.6. The highest BCUT2D eigenvalue weighted by molar-refractivity contribution is 6.01. The summed E-state index contributed by atoms with van der Waals surface area (Å²) in [6.07, 6.45) is 7.86. The highest BCUT2D eigenvalue weighted by Gasteiger charge is 2.30. The van der Waals surface area contributed by atoms with Gasteiger partial charge in [-0.3, -0.25) is 14.4 Å². The van der Waals surface area contributed by atoms with Gasteiger partial charge < -0.3 is 30.7 Å². The Labute approximate surface area is 281 Å². The van der Waals surface area contributed by atoms with Crippen LogP contribution in [0.4, 0.5) is 31.7 Å². The Morgan fingerprint density at radius 3 is 2.53 bits per heavy atom. The van der Waals surface area contributed by atoms with Crippen LogP contribution in [0.3, 0.4) is 0 Å². The molecule has 1 aliphatic carbocycles. The van der Waals surface area contributed by atoms with Gasteiger partial charge in [0.2, 0.25) is 5.91 Å². The summed E-state index contributed by atoms with van der Waals surface area (Å²) in [5.41, 5.74) is 2.30. The molecule has 1 aliphatic heterocycles. The number of likely N-dealkylation sites (N-methyl/N-ethyl adjacent to an activating group) is 1. The Morgan fingerprint density at radius 2 is 1.88 bits per heavy atom. The zero-order valence-electron chi connectivity index (χ0n) is 27.4. The lowest BCUT2D eigenvalue weighted by molar-refractivity contribution is -0.117. The van der Waals surface area contributed by atoms with E-state index < -0.39 is 30.0 Å². The first kappa shape index (κ1) is 34.4. The van der Waals surface area contributed by atoms with Crippen LogP contribution in [0.25, 0.3) is 11.1 Å². The topological polar surface area (TPSA) is 153 Å². The molecule has 0 spiro atoms. The van der Waals surface area contributed by atoms with Crippen LogP contribution >= 0.6 is 0 Å². The Kier molecular flexibility index (Phi) is 10.4. The van der Waals surface area contributed by atoms with E-state index in [1.54, 1.807) is 62.6 Å². The molecule has 0 radical (unpaired) electrons. The van der Waals surface area contributed by atoms with Crippen LogP contribution in [-0.2, 0) is 9.59 Å². The van der Waals surface area contributed by atoms with E-state index in [4.69, 9.17) is 0 Å². The molecule has 0 unspecified atom stereocenters. The number of hydrogen-bond donors (Lipinski definition) is 3. The molecule has 3 N–H and O–H groups in total. The highest BCUT2D eigenvalue weighted by atomic mass is 19.1. The van der Waals surface area contributed by atoms with Gasteiger partial charge in [0.05, 0.1) is 17.1 Å². The SMILES string of the molecule is CNC(=O)c1nnc(NC(=O)C2CC2)cc1Nc1cccc(-c2cnc(C(=O)N(CCF)CC3=CC=CN(C)C3=C=O)c(F)c2)c1N(C)C. The lowest BCUT2D eigenvalue weighted by Crippen LogP contribution is -2.37. The van der Waals surface area contributed by atoms with Crippen LogP contribution < -0.4 is 20.9 Å². The molecule has 0 saturated heterocycles. The Balaban J connectivity index is 1.46. The van der Waals surface area contributed by atoms with Crippen molar-refractivity contribution >= 4 is 46.5 Å². The van der Waals surface area contributed by atoms with Gasteiger partial charge in [-0.15, -0.1) is 10.2 Å². The number of rotatable bonds is 12. The lowest BCUT2D eigenvalue weighted by Gasteiger charge is -2.27. The molecule has 0 atom stereocenters. The minimum atomic E-state index is -0.925. The summed E-state index contributed by atoms with van der Waals surface area (Å²) in [6, 6.07) is 7.89. The summed E-state index contributed by atoms with van der Waals surface area (Å²) in [5, 5.41) is 16.5. The Bertz CT molecular complexity index is 1900. The van der Waals surface area contributed by atoms with Crippen LogP contribution in [0.2, 0.25) is 0 Å². The standard InChI is InChI=1S/C34H35F2N9O4/c1-37-33(48)30-26(16-28(41-42-30)40-32(47)20-10-11-20)39-25-9-5-8-23(31(25)43(2)3)22-15-24(36)29(38-17-22)34(49)45(14-12-35)18-21-7-6-13-44(4)27(21)19-46/h5-9,13,15-17,20H,10-12,14,18H2,1-4H3,(H,37,48)(H2,39,40,41,47). The fraction of sp³-hybridized carbons (Fsp3) is 0.294. The van der Waals surface area contributed by atoms with Crippen molar-refractivity contribution in [2.24, 2.45) is 5.92 Å². The molecule has 15 heteroatoms. The minimum Gasteiger partial charge on any atom is -0.375 e. The summed E-state index contributed by atoms with van der Waals surface area (Å²) in [4.78, 5) is 58.6. The van der Waals surface area contributed by atoms with Crippen LogP contribution in [-0.4, -0.2) is 96.6 Å². The van der Waals surface area contributed by atoms with Gasteiger partial charge in [-0.25, -0.2) is 18.6 Å². The average Bonchev–Trinajstić information content (AvgIpc) is 3.94. The second-order valence-corrected chi connectivity index (χ2v) is 11.6. The number of amides is 3. The minimum absolute atomic E-state index is 0.0159. The van der Waals surface area contributed by atoms with Gasteiger partial charge in [0.15, 0.2) is 29.0 Å². The van der Waals surface area contributed by atoms with Crippen LogP contribution in [0.5, 0.6) is 0 Å². The number of benzene rings is 1. The molecule has 49 heavy (non-hydrogen) atoms. The number of aromatic nitrogens is 3. The maximum absolute atomic E-state index is 15.7. The highest BCUT2D eigenvalue weighted by Crippen LogP contribution is 2.39. The summed E-state index contributed by atoms with van der Waals surface area (Å²) >= 11 is 0. The molecule has 0 bridgehead atoms. The normalized spacial score (nSPS) is 13.7. The monoisotopic (exact) mass is 671 g/mol. The molecular formula is C34H35F2N9O4. The van der Waals surface area contributed by atoms with Crippen molar-refractivity contribution in [1.29, 1.82) is 0 Å². The number of halogens is 2. The van der Waals surface area contributed by atoms with E-state index in [9.17, 15) is 23.6 Å². The fourth-order valence-electron chi connectivity index (χ4n) is 5.30. The average molecular weight is 672 g/mol. The first-order valence-corrected chi connectivity index (χ1v) is 15.4. The molecule has 5 rings (SSSR count). The van der Waals surface area contributed by atoms with Crippen molar-refractivity contribution in [1.82, 2.24) is 30.3 Å². The summed E-state index contributed by atoms with van der Waals surface area (Å²) < 4.78 is 29.2. The quantitative estimate of drug-likeness (QED) is 0.243. The van der Waals surface area contributed by atoms with Crippen molar-refractivity contribution in [3.8, 4) is 11.1 Å². The molecule has 2 aliphatic rings. The number of nitrogens with one attached hydrogen (secondary N) is 3. The first-order valence-electron chi connectivity index (χ1n) is 15.4. The predicted molar refractivity (Wildman–Crippen MR) is 180 cm³/mol. The number of carbonyl (C=O) groups excluding carboxylic acids is 4. The number of carbonyl (C=O) groups is 3. The largest absolute Gasteiger partial charge is 0.375 e. The Hall–Kier alpha value is -5.95. The predicted octanol–water partition coefficient (Wildman–Crippen LogP) is 3.71. The molecule has 2 aromatic heterocycles. The van der Waals surface area contributed by atoms with Gasteiger partial charge >= 0.3 is 0 Å². The molecule has 1 saturated carbocycles. The first-order chi connectivity index (χ1) is 23.6. The van der Waals surface area contributed by atoms with E-state index in [-0.39, 0.29) is 47.8 Å². The number of allylic oxidation sites excluding steroid dienone is 2. The molecule has 1 aromatic carbocycles. The molecular weight excluding hydrogens is 636 g/mol. The molecule has 254 valence electrons. The third kappa shape index (κ3) is 7.63. The van der Waals surface area contributed by atoms with E-state index >= 15 is 4.39 Å². The zero-order chi connectivity index (χ0) is 35.2. The van der Waals surface area contributed by atoms with Gasteiger partial charge in [0.25, 0.3) is 11.8 Å². The van der Waals surface area contributed by atoms with Gasteiger partial charge in [-0.2, -0.15) is 0 Å². The van der Waals surface area contributed by atoms with E-state index in [1.165, 1.54) is 30.3 Å². The number of anilines is 4. The van der Waals surface area contributed by atoms with Crippen LogP contribution in [0.1, 0.15) is 33.8 Å². The third-order valence-corrected chi connectivity index (χ3v) is 7.91. The number of alkyl halides is 1. The number of para-hydroxylation sites is 1. The van der Waals surface area contributed by atoms with Crippen molar-refractivity contribution in [3.63, 3.8) is 0 Å². The Morgan fingerprint density at radius 1 is 1.10 bits per heavy atom. The molecule has 3 aromatic rings. The number of nitrogens with zero attached hydrogens (tertiary/aromatic N) is 6. The van der Waals surface area contributed by atoms with Gasteiger partial charge in [-0.05, 0) is 31.1 Å². The van der Waals surface area contributed by atoms with Crippen molar-refractivity contribution in [2.45, 2.75) is 12.8 Å². The second kappa shape index (κ2) is 14.9. The maximum atomic E-state index is 15.7. The summed E-state index contributed by atoms with van der Waals surface area (Å²) in [5.74, 6) is -0.521. The van der Waals surface area contributed by atoms with Gasteiger partial charge in [0, 0.05) is 82.4 Å². The number of pyridine rings is 1. The smallest absolute Gasteiger partial charge is 0.275 e. The van der Waals surface area contributed by atoms with Crippen molar-refractivity contribution < 1.29 is 28.0 Å². The van der Waals surface area contributed by atoms with Crippen molar-refractivity contribution in [3.05, 3.63) is 83.4 Å². The molecule has 3 heterocycles. The fourth-order valence-corrected chi connectivity index (χ4v) is 5.30. The lowest BCUT2D eigenvalue weighted by atomic mass is 10.0. The van der Waals surface area contributed by atoms with E-state index in [1.807, 2.05) is 5.94 Å².